The standard InChI is InChI=1S/C16H19N3O2/c1-3-21-14-8-4-7-13(17)15(14)16(20)19-11(2)12-6-5-9-18-10-12/h4-11H,3,17H2,1-2H3,(H,19,20). The van der Waals surface area contributed by atoms with Gasteiger partial charge in [-0.3, -0.25) is 9.78 Å². The number of carbonyl (C=O) groups excluding carboxylic acids is 1. The lowest BCUT2D eigenvalue weighted by Crippen LogP contribution is -2.28. The molecule has 1 heterocycles. The summed E-state index contributed by atoms with van der Waals surface area (Å²) < 4.78 is 5.47. The van der Waals surface area contributed by atoms with Gasteiger partial charge in [0, 0.05) is 18.1 Å². The summed E-state index contributed by atoms with van der Waals surface area (Å²) in [5.74, 6) is 0.237. The highest BCUT2D eigenvalue weighted by molar-refractivity contribution is 6.02. The number of nitrogens with two attached hydrogens (primary N) is 1. The molecule has 0 saturated heterocycles. The molecule has 1 atom stereocenters. The molecule has 1 aromatic heterocycles. The molecular formula is C16H19N3O2. The van der Waals surface area contributed by atoms with Crippen LogP contribution in [0, 0.1) is 0 Å². The molecule has 0 saturated carbocycles. The number of hydrogen-bond acceptors (Lipinski definition) is 4. The Morgan fingerprint density at radius 1 is 1.38 bits per heavy atom. The number of nitrogen functional groups attached to an aromatic ring is 1. The summed E-state index contributed by atoms with van der Waals surface area (Å²) in [7, 11) is 0. The number of benzene rings is 1. The molecule has 0 bridgehead atoms. The van der Waals surface area contributed by atoms with Gasteiger partial charge in [-0.1, -0.05) is 12.1 Å². The van der Waals surface area contributed by atoms with Crippen molar-refractivity contribution in [3.8, 4) is 5.75 Å². The van der Waals surface area contributed by atoms with E-state index in [4.69, 9.17) is 10.5 Å². The topological polar surface area (TPSA) is 77.2 Å². The first-order valence-corrected chi connectivity index (χ1v) is 6.85. The molecule has 2 rings (SSSR count). The summed E-state index contributed by atoms with van der Waals surface area (Å²) in [5.41, 5.74) is 7.61. The number of rotatable bonds is 5. The van der Waals surface area contributed by atoms with Crippen molar-refractivity contribution in [3.63, 3.8) is 0 Å². The molecule has 5 nitrogen and oxygen atoms in total. The second-order valence-electron chi connectivity index (χ2n) is 4.63. The van der Waals surface area contributed by atoms with Gasteiger partial charge in [-0.2, -0.15) is 0 Å². The highest BCUT2D eigenvalue weighted by Gasteiger charge is 2.18. The molecule has 1 amide bonds. The third-order valence-corrected chi connectivity index (χ3v) is 3.12. The Bertz CT molecular complexity index is 614. The van der Waals surface area contributed by atoms with Crippen LogP contribution in [0.3, 0.4) is 0 Å². The lowest BCUT2D eigenvalue weighted by atomic mass is 10.1. The molecule has 0 radical (unpaired) electrons. The average Bonchev–Trinajstić information content (AvgIpc) is 2.48. The minimum absolute atomic E-state index is 0.166. The van der Waals surface area contributed by atoms with E-state index >= 15 is 0 Å². The van der Waals surface area contributed by atoms with Gasteiger partial charge in [0.1, 0.15) is 11.3 Å². The highest BCUT2D eigenvalue weighted by atomic mass is 16.5. The molecule has 110 valence electrons. The van der Waals surface area contributed by atoms with Gasteiger partial charge in [-0.05, 0) is 37.6 Å². The van der Waals surface area contributed by atoms with Gasteiger partial charge in [0.25, 0.3) is 5.91 Å². The van der Waals surface area contributed by atoms with Gasteiger partial charge < -0.3 is 15.8 Å². The number of ether oxygens (including phenoxy) is 1. The van der Waals surface area contributed by atoms with Crippen LogP contribution in [0.5, 0.6) is 5.75 Å². The van der Waals surface area contributed by atoms with E-state index < -0.39 is 0 Å². The Hall–Kier alpha value is -2.56. The van der Waals surface area contributed by atoms with Crippen molar-refractivity contribution in [2.45, 2.75) is 19.9 Å². The molecule has 0 aliphatic rings. The quantitative estimate of drug-likeness (QED) is 0.828. The van der Waals surface area contributed by atoms with Crippen molar-refractivity contribution >= 4 is 11.6 Å². The maximum Gasteiger partial charge on any atom is 0.257 e. The summed E-state index contributed by atoms with van der Waals surface area (Å²) in [4.78, 5) is 16.5. The van der Waals surface area contributed by atoms with Crippen LogP contribution in [0.1, 0.15) is 35.8 Å². The summed E-state index contributed by atoms with van der Waals surface area (Å²) in [6, 6.07) is 8.77. The third kappa shape index (κ3) is 3.51. The summed E-state index contributed by atoms with van der Waals surface area (Å²) in [6.45, 7) is 4.24. The van der Waals surface area contributed by atoms with Crippen LogP contribution in [0.15, 0.2) is 42.7 Å². The number of nitrogens with zero attached hydrogens (tertiary/aromatic N) is 1. The lowest BCUT2D eigenvalue weighted by molar-refractivity contribution is 0.0937. The first kappa shape index (κ1) is 14.8. The van der Waals surface area contributed by atoms with Gasteiger partial charge >= 0.3 is 0 Å². The first-order chi connectivity index (χ1) is 10.1. The van der Waals surface area contributed by atoms with Gasteiger partial charge in [-0.15, -0.1) is 0 Å². The fourth-order valence-electron chi connectivity index (χ4n) is 2.05. The molecule has 0 aliphatic carbocycles. The van der Waals surface area contributed by atoms with Crippen LogP contribution in [0.4, 0.5) is 5.69 Å². The van der Waals surface area contributed by atoms with Gasteiger partial charge in [0.05, 0.1) is 12.6 Å². The second kappa shape index (κ2) is 6.74. The highest BCUT2D eigenvalue weighted by Crippen LogP contribution is 2.25. The van der Waals surface area contributed by atoms with Crippen molar-refractivity contribution in [2.75, 3.05) is 12.3 Å². The van der Waals surface area contributed by atoms with Crippen molar-refractivity contribution in [3.05, 3.63) is 53.9 Å². The molecule has 3 N–H and O–H groups in total. The number of aromatic nitrogens is 1. The zero-order valence-electron chi connectivity index (χ0n) is 12.2. The van der Waals surface area contributed by atoms with E-state index in [0.717, 1.165) is 5.56 Å². The molecule has 0 spiro atoms. The number of amides is 1. The summed E-state index contributed by atoms with van der Waals surface area (Å²) in [5, 5.41) is 2.91. The fourth-order valence-corrected chi connectivity index (χ4v) is 2.05. The van der Waals surface area contributed by atoms with Gasteiger partial charge in [0.2, 0.25) is 0 Å². The fraction of sp³-hybridized carbons (Fsp3) is 0.250. The molecule has 0 aliphatic heterocycles. The van der Waals surface area contributed by atoms with Crippen LogP contribution in [0.2, 0.25) is 0 Å². The van der Waals surface area contributed by atoms with E-state index in [1.165, 1.54) is 0 Å². The summed E-state index contributed by atoms with van der Waals surface area (Å²) in [6.07, 6.45) is 3.42. The maximum atomic E-state index is 12.5. The monoisotopic (exact) mass is 285 g/mol. The largest absolute Gasteiger partial charge is 0.493 e. The van der Waals surface area contributed by atoms with E-state index in [1.54, 1.807) is 30.6 Å². The van der Waals surface area contributed by atoms with Crippen LogP contribution in [-0.2, 0) is 0 Å². The predicted molar refractivity (Wildman–Crippen MR) is 82.1 cm³/mol. The zero-order chi connectivity index (χ0) is 15.2. The van der Waals surface area contributed by atoms with Gasteiger partial charge in [-0.25, -0.2) is 0 Å². The molecule has 21 heavy (non-hydrogen) atoms. The number of nitrogens with one attached hydrogen (secondary N) is 1. The average molecular weight is 285 g/mol. The van der Waals surface area contributed by atoms with Crippen molar-refractivity contribution in [1.29, 1.82) is 0 Å². The third-order valence-electron chi connectivity index (χ3n) is 3.12. The lowest BCUT2D eigenvalue weighted by Gasteiger charge is -2.17. The Morgan fingerprint density at radius 2 is 2.19 bits per heavy atom. The Labute approximate surface area is 124 Å². The van der Waals surface area contributed by atoms with Crippen LogP contribution >= 0.6 is 0 Å². The zero-order valence-corrected chi connectivity index (χ0v) is 12.2. The van der Waals surface area contributed by atoms with E-state index in [2.05, 4.69) is 10.3 Å². The van der Waals surface area contributed by atoms with E-state index in [-0.39, 0.29) is 11.9 Å². The second-order valence-corrected chi connectivity index (χ2v) is 4.63. The first-order valence-electron chi connectivity index (χ1n) is 6.85. The minimum atomic E-state index is -0.257. The molecule has 1 aromatic carbocycles. The number of pyridine rings is 1. The normalized spacial score (nSPS) is 11.7. The van der Waals surface area contributed by atoms with E-state index in [9.17, 15) is 4.79 Å². The molecule has 5 heteroatoms. The van der Waals surface area contributed by atoms with E-state index in [0.29, 0.717) is 23.6 Å². The molecule has 0 fully saturated rings. The predicted octanol–water partition coefficient (Wildman–Crippen LogP) is 2.55. The molecule has 1 unspecified atom stereocenters. The van der Waals surface area contributed by atoms with Crippen LogP contribution < -0.4 is 15.8 Å². The number of hydrogen-bond donors (Lipinski definition) is 2. The molecule has 2 aromatic rings. The number of carbonyl (C=O) groups is 1. The van der Waals surface area contributed by atoms with Gasteiger partial charge in [0.15, 0.2) is 0 Å². The Balaban J connectivity index is 2.21. The Kier molecular flexibility index (Phi) is 4.77. The minimum Gasteiger partial charge on any atom is -0.493 e. The summed E-state index contributed by atoms with van der Waals surface area (Å²) >= 11 is 0. The van der Waals surface area contributed by atoms with Crippen LogP contribution in [-0.4, -0.2) is 17.5 Å². The Morgan fingerprint density at radius 3 is 2.86 bits per heavy atom. The maximum absolute atomic E-state index is 12.5. The van der Waals surface area contributed by atoms with Crippen molar-refractivity contribution < 1.29 is 9.53 Å². The van der Waals surface area contributed by atoms with Crippen LogP contribution in [0.25, 0.3) is 0 Å². The van der Waals surface area contributed by atoms with E-state index in [1.807, 2.05) is 26.0 Å². The van der Waals surface area contributed by atoms with Crippen molar-refractivity contribution in [1.82, 2.24) is 10.3 Å². The SMILES string of the molecule is CCOc1cccc(N)c1C(=O)NC(C)c1cccnc1. The smallest absolute Gasteiger partial charge is 0.257 e. The number of anilines is 1. The molecular weight excluding hydrogens is 266 g/mol. The van der Waals surface area contributed by atoms with Crippen molar-refractivity contribution in [2.24, 2.45) is 0 Å².